The Hall–Kier alpha value is -2.39. The second-order valence-corrected chi connectivity index (χ2v) is 5.73. The number of nitrogens with zero attached hydrogens (tertiary/aromatic N) is 2. The topological polar surface area (TPSA) is 41.6 Å². The van der Waals surface area contributed by atoms with E-state index in [0.29, 0.717) is 0 Å². The van der Waals surface area contributed by atoms with Crippen LogP contribution in [0.1, 0.15) is 24.0 Å². The van der Waals surface area contributed by atoms with Gasteiger partial charge >= 0.3 is 0 Å². The van der Waals surface area contributed by atoms with Crippen molar-refractivity contribution in [3.05, 3.63) is 77.5 Å². The zero-order chi connectivity index (χ0) is 14.9. The molecule has 0 spiro atoms. The number of hydrogen-bond acceptors (Lipinski definition) is 3. The third-order valence-corrected chi connectivity index (χ3v) is 4.32. The summed E-state index contributed by atoms with van der Waals surface area (Å²) < 4.78 is 0. The summed E-state index contributed by atoms with van der Waals surface area (Å²) in [5, 5.41) is 0. The Balaban J connectivity index is 1.95. The maximum atomic E-state index is 6.40. The van der Waals surface area contributed by atoms with Gasteiger partial charge in [0.25, 0.3) is 0 Å². The predicted octanol–water partition coefficient (Wildman–Crippen LogP) is 3.31. The maximum Gasteiger partial charge on any atom is 0.138 e. The number of benzene rings is 2. The first kappa shape index (κ1) is 13.3. The third-order valence-electron chi connectivity index (χ3n) is 4.32. The zero-order valence-corrected chi connectivity index (χ0v) is 12.4. The fourth-order valence-corrected chi connectivity index (χ4v) is 3.29. The standard InChI is InChI=1S/C19H19N3/c20-19-17-12-6-7-13-22(17)16-11-5-4-10-15(16)18(21-19)14-8-2-1-3-9-14/h1-5,8-12,19H,6-7,13,20H2. The van der Waals surface area contributed by atoms with Gasteiger partial charge in [0, 0.05) is 17.7 Å². The van der Waals surface area contributed by atoms with E-state index in [-0.39, 0.29) is 6.17 Å². The van der Waals surface area contributed by atoms with Crippen LogP contribution in [-0.2, 0) is 0 Å². The first-order valence-electron chi connectivity index (χ1n) is 7.80. The van der Waals surface area contributed by atoms with Gasteiger partial charge in [-0.25, -0.2) is 0 Å². The Morgan fingerprint density at radius 3 is 2.64 bits per heavy atom. The van der Waals surface area contributed by atoms with Crippen LogP contribution in [0.5, 0.6) is 0 Å². The van der Waals surface area contributed by atoms with E-state index in [9.17, 15) is 0 Å². The monoisotopic (exact) mass is 289 g/mol. The van der Waals surface area contributed by atoms with E-state index in [0.717, 1.165) is 41.9 Å². The number of fused-ring (bicyclic) bond motifs is 3. The molecule has 2 aromatic rings. The highest BCUT2D eigenvalue weighted by atomic mass is 15.2. The molecule has 0 fully saturated rings. The average Bonchev–Trinajstić information content (AvgIpc) is 2.72. The van der Waals surface area contributed by atoms with E-state index < -0.39 is 0 Å². The SMILES string of the molecule is NC1N=C(c2ccccc2)c2ccccc2N2CCCC=C12. The molecule has 3 nitrogen and oxygen atoms in total. The van der Waals surface area contributed by atoms with Crippen LogP contribution in [0.2, 0.25) is 0 Å². The van der Waals surface area contributed by atoms with Crippen LogP contribution in [0, 0.1) is 0 Å². The van der Waals surface area contributed by atoms with E-state index >= 15 is 0 Å². The Morgan fingerprint density at radius 2 is 1.77 bits per heavy atom. The molecule has 2 aromatic carbocycles. The van der Waals surface area contributed by atoms with Gasteiger partial charge in [-0.1, -0.05) is 54.6 Å². The van der Waals surface area contributed by atoms with Crippen molar-refractivity contribution in [1.29, 1.82) is 0 Å². The number of anilines is 1. The molecule has 2 N–H and O–H groups in total. The quantitative estimate of drug-likeness (QED) is 0.875. The molecule has 0 bridgehead atoms. The van der Waals surface area contributed by atoms with Gasteiger partial charge in [-0.15, -0.1) is 0 Å². The molecular weight excluding hydrogens is 270 g/mol. The lowest BCUT2D eigenvalue weighted by Gasteiger charge is -2.31. The summed E-state index contributed by atoms with van der Waals surface area (Å²) in [6.45, 7) is 1.01. The van der Waals surface area contributed by atoms with E-state index in [2.05, 4.69) is 47.4 Å². The minimum atomic E-state index is -0.303. The van der Waals surface area contributed by atoms with Gasteiger partial charge < -0.3 is 10.6 Å². The molecule has 0 amide bonds. The number of allylic oxidation sites excluding steroid dienone is 1. The second kappa shape index (κ2) is 5.43. The molecule has 0 saturated heterocycles. The lowest BCUT2D eigenvalue weighted by Crippen LogP contribution is -2.36. The molecule has 0 aliphatic carbocycles. The molecule has 2 aliphatic rings. The predicted molar refractivity (Wildman–Crippen MR) is 91.2 cm³/mol. The lowest BCUT2D eigenvalue weighted by molar-refractivity contribution is 0.684. The first-order chi connectivity index (χ1) is 10.8. The molecule has 1 atom stereocenters. The molecule has 4 rings (SSSR count). The van der Waals surface area contributed by atoms with Crippen molar-refractivity contribution in [1.82, 2.24) is 0 Å². The lowest BCUT2D eigenvalue weighted by atomic mass is 10.00. The Bertz CT molecular complexity index is 746. The van der Waals surface area contributed by atoms with Crippen LogP contribution >= 0.6 is 0 Å². The molecule has 1 unspecified atom stereocenters. The third kappa shape index (κ3) is 2.14. The minimum absolute atomic E-state index is 0.303. The van der Waals surface area contributed by atoms with Crippen molar-refractivity contribution in [2.24, 2.45) is 10.7 Å². The van der Waals surface area contributed by atoms with Gasteiger partial charge in [-0.3, -0.25) is 4.99 Å². The molecule has 0 saturated carbocycles. The number of aliphatic imine (C=N–C) groups is 1. The van der Waals surface area contributed by atoms with Crippen molar-refractivity contribution in [3.63, 3.8) is 0 Å². The molecule has 3 heteroatoms. The van der Waals surface area contributed by atoms with Crippen LogP contribution in [-0.4, -0.2) is 18.4 Å². The molecule has 22 heavy (non-hydrogen) atoms. The van der Waals surface area contributed by atoms with Gasteiger partial charge in [0.15, 0.2) is 0 Å². The highest BCUT2D eigenvalue weighted by Crippen LogP contribution is 2.33. The van der Waals surface area contributed by atoms with Crippen molar-refractivity contribution in [3.8, 4) is 0 Å². The van der Waals surface area contributed by atoms with E-state index in [1.165, 1.54) is 5.69 Å². The Morgan fingerprint density at radius 1 is 1.00 bits per heavy atom. The van der Waals surface area contributed by atoms with E-state index in [1.807, 2.05) is 18.2 Å². The van der Waals surface area contributed by atoms with Gasteiger partial charge in [-0.2, -0.15) is 0 Å². The summed E-state index contributed by atoms with van der Waals surface area (Å²) in [6, 6.07) is 18.8. The molecule has 2 aliphatic heterocycles. The molecule has 110 valence electrons. The van der Waals surface area contributed by atoms with E-state index in [4.69, 9.17) is 10.7 Å². The number of para-hydroxylation sites is 1. The summed E-state index contributed by atoms with van der Waals surface area (Å²) in [5.74, 6) is 0. The first-order valence-corrected chi connectivity index (χ1v) is 7.80. The highest BCUT2D eigenvalue weighted by molar-refractivity contribution is 6.16. The minimum Gasteiger partial charge on any atom is -0.342 e. The molecule has 2 heterocycles. The number of hydrogen-bond donors (Lipinski definition) is 1. The summed E-state index contributed by atoms with van der Waals surface area (Å²) in [6.07, 6.45) is 4.17. The van der Waals surface area contributed by atoms with Gasteiger partial charge in [0.2, 0.25) is 0 Å². The molecular formula is C19H19N3. The fraction of sp³-hybridized carbons (Fsp3) is 0.211. The summed E-state index contributed by atoms with van der Waals surface area (Å²) in [7, 11) is 0. The van der Waals surface area contributed by atoms with Crippen LogP contribution in [0.4, 0.5) is 5.69 Å². The van der Waals surface area contributed by atoms with Gasteiger partial charge in [0.05, 0.1) is 17.1 Å². The largest absolute Gasteiger partial charge is 0.342 e. The van der Waals surface area contributed by atoms with Crippen LogP contribution in [0.15, 0.2) is 71.4 Å². The van der Waals surface area contributed by atoms with Gasteiger partial charge in [-0.05, 0) is 18.9 Å². The normalized spacial score (nSPS) is 20.4. The average molecular weight is 289 g/mol. The highest BCUT2D eigenvalue weighted by Gasteiger charge is 2.27. The van der Waals surface area contributed by atoms with Crippen LogP contribution in [0.3, 0.4) is 0 Å². The maximum absolute atomic E-state index is 6.40. The smallest absolute Gasteiger partial charge is 0.138 e. The summed E-state index contributed by atoms with van der Waals surface area (Å²) in [4.78, 5) is 7.19. The Kier molecular flexibility index (Phi) is 3.28. The Labute approximate surface area is 130 Å². The fourth-order valence-electron chi connectivity index (χ4n) is 3.29. The van der Waals surface area contributed by atoms with Gasteiger partial charge in [0.1, 0.15) is 6.17 Å². The van der Waals surface area contributed by atoms with Crippen molar-refractivity contribution in [2.45, 2.75) is 19.0 Å². The van der Waals surface area contributed by atoms with Crippen LogP contribution in [0.25, 0.3) is 0 Å². The van der Waals surface area contributed by atoms with Crippen LogP contribution < -0.4 is 10.6 Å². The van der Waals surface area contributed by atoms with Crippen molar-refractivity contribution < 1.29 is 0 Å². The second-order valence-electron chi connectivity index (χ2n) is 5.73. The number of rotatable bonds is 1. The van der Waals surface area contributed by atoms with Crippen molar-refractivity contribution in [2.75, 3.05) is 11.4 Å². The summed E-state index contributed by atoms with van der Waals surface area (Å²) >= 11 is 0. The zero-order valence-electron chi connectivity index (χ0n) is 12.4. The van der Waals surface area contributed by atoms with E-state index in [1.54, 1.807) is 0 Å². The molecule has 0 aromatic heterocycles. The van der Waals surface area contributed by atoms with Crippen molar-refractivity contribution >= 4 is 11.4 Å². The summed E-state index contributed by atoms with van der Waals surface area (Å²) in [5.41, 5.74) is 12.0. The number of nitrogens with two attached hydrogens (primary N) is 1. The molecule has 0 radical (unpaired) electrons.